The van der Waals surface area contributed by atoms with Crippen molar-refractivity contribution in [1.82, 2.24) is 4.90 Å². The number of hydrogen-bond acceptors (Lipinski definition) is 3. The maximum absolute atomic E-state index is 10.7. The van der Waals surface area contributed by atoms with E-state index in [1.54, 1.807) is 11.8 Å². The Morgan fingerprint density at radius 3 is 2.36 bits per heavy atom. The molecule has 0 aromatic heterocycles. The van der Waals surface area contributed by atoms with Crippen molar-refractivity contribution in [2.75, 3.05) is 18.6 Å². The van der Waals surface area contributed by atoms with E-state index in [9.17, 15) is 9.59 Å². The van der Waals surface area contributed by atoms with Crippen LogP contribution in [0.2, 0.25) is 0 Å². The third-order valence-corrected chi connectivity index (χ3v) is 1.76. The molecule has 0 saturated carbocycles. The Bertz CT molecular complexity index is 147. The molecule has 0 fully saturated rings. The Morgan fingerprint density at radius 1 is 1.55 bits per heavy atom. The van der Waals surface area contributed by atoms with Gasteiger partial charge in [0.1, 0.15) is 0 Å². The molecule has 0 aromatic rings. The molecule has 2 N–H and O–H groups in total. The molecule has 64 valence electrons. The predicted octanol–water partition coefficient (Wildman–Crippen LogP) is 0.277. The van der Waals surface area contributed by atoms with Gasteiger partial charge in [0.25, 0.3) is 0 Å². The van der Waals surface area contributed by atoms with Crippen LogP contribution in [0.3, 0.4) is 0 Å². The molecule has 0 bridgehead atoms. The number of urea groups is 1. The quantitative estimate of drug-likeness (QED) is 0.671. The Labute approximate surface area is 70.1 Å². The fourth-order valence-electron chi connectivity index (χ4n) is 0.605. The van der Waals surface area contributed by atoms with E-state index in [4.69, 9.17) is 5.73 Å². The summed E-state index contributed by atoms with van der Waals surface area (Å²) in [5.41, 5.74) is 4.94. The summed E-state index contributed by atoms with van der Waals surface area (Å²) in [7, 11) is 0. The summed E-state index contributed by atoms with van der Waals surface area (Å²) in [6.07, 6.45) is 1.90. The Kier molecular flexibility index (Phi) is 4.69. The number of thioether (sulfide) groups is 1. The van der Waals surface area contributed by atoms with Crippen LogP contribution in [0.1, 0.15) is 6.92 Å². The molecule has 0 aromatic carbocycles. The molecular formula is C6H12N2O2S. The molecule has 0 aliphatic carbocycles. The Morgan fingerprint density at radius 2 is 2.09 bits per heavy atom. The summed E-state index contributed by atoms with van der Waals surface area (Å²) in [4.78, 5) is 22.3. The van der Waals surface area contributed by atoms with Crippen molar-refractivity contribution in [3.8, 4) is 0 Å². The lowest BCUT2D eigenvalue weighted by Gasteiger charge is -2.14. The smallest absolute Gasteiger partial charge is 0.321 e. The molecule has 0 aliphatic heterocycles. The van der Waals surface area contributed by atoms with Crippen LogP contribution in [-0.4, -0.2) is 35.4 Å². The van der Waals surface area contributed by atoms with Crippen LogP contribution >= 0.6 is 11.8 Å². The van der Waals surface area contributed by atoms with Crippen LogP contribution in [0.15, 0.2) is 0 Å². The van der Waals surface area contributed by atoms with Gasteiger partial charge in [-0.3, -0.25) is 9.69 Å². The third-order valence-electron chi connectivity index (χ3n) is 1.17. The van der Waals surface area contributed by atoms with Crippen LogP contribution in [0, 0.1) is 0 Å². The van der Waals surface area contributed by atoms with Crippen molar-refractivity contribution in [3.63, 3.8) is 0 Å². The molecule has 0 radical (unpaired) electrons. The number of amides is 3. The first kappa shape index (κ1) is 10.3. The zero-order valence-corrected chi connectivity index (χ0v) is 7.48. The fraction of sp³-hybridized carbons (Fsp3) is 0.667. The molecule has 5 heteroatoms. The van der Waals surface area contributed by atoms with Crippen molar-refractivity contribution in [2.45, 2.75) is 6.92 Å². The van der Waals surface area contributed by atoms with Crippen LogP contribution in [0.4, 0.5) is 4.79 Å². The minimum Gasteiger partial charge on any atom is -0.351 e. The molecule has 0 saturated heterocycles. The average molecular weight is 176 g/mol. The molecule has 11 heavy (non-hydrogen) atoms. The second-order valence-electron chi connectivity index (χ2n) is 2.00. The van der Waals surface area contributed by atoms with Crippen molar-refractivity contribution < 1.29 is 9.59 Å². The summed E-state index contributed by atoms with van der Waals surface area (Å²) >= 11 is 1.56. The topological polar surface area (TPSA) is 63.4 Å². The van der Waals surface area contributed by atoms with E-state index in [-0.39, 0.29) is 5.91 Å². The summed E-state index contributed by atoms with van der Waals surface area (Å²) in [5, 5.41) is 0. The summed E-state index contributed by atoms with van der Waals surface area (Å²) in [5.74, 6) is 0.425. The molecule has 0 atom stereocenters. The number of rotatable bonds is 3. The summed E-state index contributed by atoms with van der Waals surface area (Å²) in [6, 6.07) is -0.674. The van der Waals surface area contributed by atoms with Crippen LogP contribution in [-0.2, 0) is 4.79 Å². The van der Waals surface area contributed by atoms with Crippen LogP contribution < -0.4 is 5.73 Å². The first-order valence-corrected chi connectivity index (χ1v) is 4.55. The van der Waals surface area contributed by atoms with Gasteiger partial charge in [0.15, 0.2) is 0 Å². The Hall–Kier alpha value is -0.710. The van der Waals surface area contributed by atoms with Crippen molar-refractivity contribution in [1.29, 1.82) is 0 Å². The van der Waals surface area contributed by atoms with Gasteiger partial charge >= 0.3 is 6.03 Å². The fourth-order valence-corrected chi connectivity index (χ4v) is 0.971. The second kappa shape index (κ2) is 5.01. The van der Waals surface area contributed by atoms with E-state index < -0.39 is 6.03 Å². The molecule has 4 nitrogen and oxygen atoms in total. The maximum Gasteiger partial charge on any atom is 0.321 e. The van der Waals surface area contributed by atoms with Crippen molar-refractivity contribution in [3.05, 3.63) is 0 Å². The molecule has 0 rings (SSSR count). The van der Waals surface area contributed by atoms with Gasteiger partial charge in [-0.15, -0.1) is 0 Å². The SMILES string of the molecule is CSCCN(C(C)=O)C(N)=O. The van der Waals surface area contributed by atoms with Crippen LogP contribution in [0.5, 0.6) is 0 Å². The molecule has 0 spiro atoms. The zero-order chi connectivity index (χ0) is 8.85. The van der Waals surface area contributed by atoms with E-state index in [2.05, 4.69) is 0 Å². The predicted molar refractivity (Wildman–Crippen MR) is 45.4 cm³/mol. The average Bonchev–Trinajstić information content (AvgIpc) is 1.87. The van der Waals surface area contributed by atoms with Gasteiger partial charge in [0, 0.05) is 19.2 Å². The number of nitrogens with two attached hydrogens (primary N) is 1. The molecular weight excluding hydrogens is 164 g/mol. The van der Waals surface area contributed by atoms with Gasteiger partial charge < -0.3 is 5.73 Å². The van der Waals surface area contributed by atoms with E-state index in [1.807, 2.05) is 6.26 Å². The highest BCUT2D eigenvalue weighted by atomic mass is 32.2. The minimum atomic E-state index is -0.674. The molecule has 0 unspecified atom stereocenters. The second-order valence-corrected chi connectivity index (χ2v) is 2.99. The van der Waals surface area contributed by atoms with Crippen molar-refractivity contribution >= 4 is 23.7 Å². The highest BCUT2D eigenvalue weighted by molar-refractivity contribution is 7.98. The monoisotopic (exact) mass is 176 g/mol. The van der Waals surface area contributed by atoms with E-state index in [0.29, 0.717) is 6.54 Å². The van der Waals surface area contributed by atoms with Gasteiger partial charge in [-0.25, -0.2) is 4.79 Å². The number of carbonyl (C=O) groups is 2. The standard InChI is InChI=1S/C6H12N2O2S/c1-5(9)8(6(7)10)3-4-11-2/h3-4H2,1-2H3,(H2,7,10). The lowest BCUT2D eigenvalue weighted by atomic mass is 10.5. The number of nitrogens with zero attached hydrogens (tertiary/aromatic N) is 1. The van der Waals surface area contributed by atoms with E-state index >= 15 is 0 Å². The molecule has 0 heterocycles. The first-order valence-electron chi connectivity index (χ1n) is 3.16. The number of imide groups is 1. The van der Waals surface area contributed by atoms with Gasteiger partial charge in [-0.2, -0.15) is 11.8 Å². The van der Waals surface area contributed by atoms with Crippen molar-refractivity contribution in [2.24, 2.45) is 5.73 Å². The number of carbonyl (C=O) groups excluding carboxylic acids is 2. The normalized spacial score (nSPS) is 9.27. The maximum atomic E-state index is 10.7. The molecule has 0 aliphatic rings. The highest BCUT2D eigenvalue weighted by Gasteiger charge is 2.12. The largest absolute Gasteiger partial charge is 0.351 e. The highest BCUT2D eigenvalue weighted by Crippen LogP contribution is 1.95. The van der Waals surface area contributed by atoms with Crippen LogP contribution in [0.25, 0.3) is 0 Å². The van der Waals surface area contributed by atoms with E-state index in [0.717, 1.165) is 10.7 Å². The lowest BCUT2D eigenvalue weighted by molar-refractivity contribution is -0.125. The van der Waals surface area contributed by atoms with Gasteiger partial charge in [-0.05, 0) is 6.26 Å². The first-order chi connectivity index (χ1) is 5.09. The van der Waals surface area contributed by atoms with Gasteiger partial charge in [-0.1, -0.05) is 0 Å². The minimum absolute atomic E-state index is 0.299. The third kappa shape index (κ3) is 3.87. The lowest BCUT2D eigenvalue weighted by Crippen LogP contribution is -2.40. The summed E-state index contributed by atoms with van der Waals surface area (Å²) in [6.45, 7) is 1.72. The number of primary amides is 1. The zero-order valence-electron chi connectivity index (χ0n) is 6.66. The summed E-state index contributed by atoms with van der Waals surface area (Å²) < 4.78 is 0. The van der Waals surface area contributed by atoms with E-state index in [1.165, 1.54) is 6.92 Å². The van der Waals surface area contributed by atoms with Gasteiger partial charge in [0.05, 0.1) is 0 Å². The Balaban J connectivity index is 3.90. The number of hydrogen-bond donors (Lipinski definition) is 1. The van der Waals surface area contributed by atoms with Gasteiger partial charge in [0.2, 0.25) is 5.91 Å². The molecule has 3 amide bonds.